The van der Waals surface area contributed by atoms with Gasteiger partial charge in [-0.2, -0.15) is 0 Å². The van der Waals surface area contributed by atoms with Gasteiger partial charge in [-0.05, 0) is 6.92 Å². The molecule has 0 unspecified atom stereocenters. The van der Waals surface area contributed by atoms with Crippen LogP contribution in [0.5, 0.6) is 0 Å². The monoisotopic (exact) mass is 412 g/mol. The maximum atomic E-state index is 2.08. The summed E-state index contributed by atoms with van der Waals surface area (Å²) in [6, 6.07) is 10.3. The van der Waals surface area contributed by atoms with Gasteiger partial charge in [0.1, 0.15) is 0 Å². The minimum Gasteiger partial charge on any atom is -0.114 e. The van der Waals surface area contributed by atoms with Crippen molar-refractivity contribution >= 4 is 67.9 Å². The Hall–Kier alpha value is 1.14. The van der Waals surface area contributed by atoms with Gasteiger partial charge in [0, 0.05) is 0 Å². The molecule has 0 aliphatic heterocycles. The molecule has 1 aromatic rings. The zero-order chi connectivity index (χ0) is 5.11. The van der Waals surface area contributed by atoms with Crippen LogP contribution < -0.4 is 0 Å². The number of hydrogen-bond acceptors (Lipinski definition) is 0. The molecule has 1 aromatic carbocycles. The minimum absolute atomic E-state index is 0. The molecule has 0 bridgehead atoms. The molecular formula is C7H12Br4. The first kappa shape index (κ1) is 22.7. The van der Waals surface area contributed by atoms with Crippen molar-refractivity contribution in [1.82, 2.24) is 0 Å². The van der Waals surface area contributed by atoms with Crippen molar-refractivity contribution in [2.24, 2.45) is 0 Å². The van der Waals surface area contributed by atoms with E-state index in [1.165, 1.54) is 5.56 Å². The molecule has 0 heterocycles. The second-order valence-corrected chi connectivity index (χ2v) is 1.65. The first-order chi connectivity index (χ1) is 3.39. The highest BCUT2D eigenvalue weighted by atomic mass is 79.9. The van der Waals surface area contributed by atoms with Gasteiger partial charge in [0.15, 0.2) is 0 Å². The lowest BCUT2D eigenvalue weighted by Gasteiger charge is -1.82. The molecule has 0 saturated heterocycles. The zero-order valence-corrected chi connectivity index (χ0v) is 12.9. The van der Waals surface area contributed by atoms with E-state index in [0.29, 0.717) is 0 Å². The summed E-state index contributed by atoms with van der Waals surface area (Å²) in [7, 11) is 0. The standard InChI is InChI=1S/C7H8.4BrH/c1-7-5-3-2-4-6-7;;;;/h2-6H,1H3;4*1H. The highest BCUT2D eigenvalue weighted by Gasteiger charge is 1.72. The quantitative estimate of drug-likeness (QED) is 0.592. The summed E-state index contributed by atoms with van der Waals surface area (Å²) >= 11 is 0. The van der Waals surface area contributed by atoms with Crippen LogP contribution in [0, 0.1) is 6.92 Å². The van der Waals surface area contributed by atoms with Crippen molar-refractivity contribution < 1.29 is 0 Å². The van der Waals surface area contributed by atoms with E-state index in [1.807, 2.05) is 18.2 Å². The minimum atomic E-state index is 0. The SMILES string of the molecule is Br.Br.Br.Br.Cc1ccccc1. The Morgan fingerprint density at radius 3 is 1.27 bits per heavy atom. The maximum absolute atomic E-state index is 2.08. The maximum Gasteiger partial charge on any atom is -0.0398 e. The molecule has 0 spiro atoms. The molecule has 0 aliphatic rings. The van der Waals surface area contributed by atoms with E-state index in [2.05, 4.69) is 19.1 Å². The molecule has 0 aromatic heterocycles. The van der Waals surface area contributed by atoms with E-state index in [9.17, 15) is 0 Å². The van der Waals surface area contributed by atoms with Gasteiger partial charge in [0.25, 0.3) is 0 Å². The molecule has 68 valence electrons. The first-order valence-electron chi connectivity index (χ1n) is 2.41. The van der Waals surface area contributed by atoms with Gasteiger partial charge >= 0.3 is 0 Å². The number of benzene rings is 1. The number of aryl methyl sites for hydroxylation is 1. The van der Waals surface area contributed by atoms with Crippen LogP contribution in [0.1, 0.15) is 5.56 Å². The number of hydrogen-bond donors (Lipinski definition) is 0. The van der Waals surface area contributed by atoms with Crippen LogP contribution in [-0.2, 0) is 0 Å². The Morgan fingerprint density at radius 1 is 0.727 bits per heavy atom. The molecule has 0 N–H and O–H groups in total. The Balaban J connectivity index is -0.0000000612. The van der Waals surface area contributed by atoms with Crippen molar-refractivity contribution in [3.05, 3.63) is 35.9 Å². The lowest BCUT2D eigenvalue weighted by molar-refractivity contribution is 1.48. The lowest BCUT2D eigenvalue weighted by Crippen LogP contribution is -1.62. The number of rotatable bonds is 0. The molecule has 0 atom stereocenters. The van der Waals surface area contributed by atoms with Crippen LogP contribution in [0.2, 0.25) is 0 Å². The van der Waals surface area contributed by atoms with Crippen LogP contribution in [0.3, 0.4) is 0 Å². The van der Waals surface area contributed by atoms with Gasteiger partial charge in [-0.1, -0.05) is 35.9 Å². The fourth-order valence-electron chi connectivity index (χ4n) is 0.534. The molecule has 0 radical (unpaired) electrons. The van der Waals surface area contributed by atoms with Crippen molar-refractivity contribution in [1.29, 1.82) is 0 Å². The van der Waals surface area contributed by atoms with Gasteiger partial charge in [-0.25, -0.2) is 0 Å². The Kier molecular flexibility index (Phi) is 28.3. The molecule has 4 heteroatoms. The summed E-state index contributed by atoms with van der Waals surface area (Å²) in [6.45, 7) is 2.08. The third-order valence-corrected chi connectivity index (χ3v) is 0.940. The highest BCUT2D eigenvalue weighted by molar-refractivity contribution is 8.93. The lowest BCUT2D eigenvalue weighted by atomic mass is 10.2. The van der Waals surface area contributed by atoms with E-state index >= 15 is 0 Å². The van der Waals surface area contributed by atoms with E-state index in [-0.39, 0.29) is 67.9 Å². The molecule has 0 saturated carbocycles. The van der Waals surface area contributed by atoms with Gasteiger partial charge < -0.3 is 0 Å². The van der Waals surface area contributed by atoms with Gasteiger partial charge in [-0.3, -0.25) is 0 Å². The van der Waals surface area contributed by atoms with Crippen LogP contribution >= 0.6 is 67.9 Å². The van der Waals surface area contributed by atoms with Crippen molar-refractivity contribution in [2.45, 2.75) is 6.92 Å². The van der Waals surface area contributed by atoms with E-state index in [1.54, 1.807) is 0 Å². The molecular weight excluding hydrogens is 404 g/mol. The van der Waals surface area contributed by atoms with E-state index in [4.69, 9.17) is 0 Å². The van der Waals surface area contributed by atoms with Crippen molar-refractivity contribution in [3.63, 3.8) is 0 Å². The number of halogens is 4. The predicted octanol–water partition coefficient (Wildman–Crippen LogP) is 4.31. The summed E-state index contributed by atoms with van der Waals surface area (Å²) in [5.41, 5.74) is 1.32. The molecule has 0 nitrogen and oxygen atoms in total. The summed E-state index contributed by atoms with van der Waals surface area (Å²) in [5.74, 6) is 0. The van der Waals surface area contributed by atoms with E-state index < -0.39 is 0 Å². The molecule has 0 amide bonds. The topological polar surface area (TPSA) is 0 Å². The smallest absolute Gasteiger partial charge is 0.0398 e. The van der Waals surface area contributed by atoms with Gasteiger partial charge in [0.05, 0.1) is 0 Å². The van der Waals surface area contributed by atoms with Crippen molar-refractivity contribution in [2.75, 3.05) is 0 Å². The largest absolute Gasteiger partial charge is 0.114 e. The van der Waals surface area contributed by atoms with Crippen molar-refractivity contribution in [3.8, 4) is 0 Å². The second kappa shape index (κ2) is 13.7. The Labute approximate surface area is 110 Å². The summed E-state index contributed by atoms with van der Waals surface area (Å²) in [5, 5.41) is 0. The molecule has 1 rings (SSSR count). The fraction of sp³-hybridized carbons (Fsp3) is 0.143. The first-order valence-corrected chi connectivity index (χ1v) is 2.41. The second-order valence-electron chi connectivity index (χ2n) is 1.65. The molecule has 0 aliphatic carbocycles. The van der Waals surface area contributed by atoms with Gasteiger partial charge in [-0.15, -0.1) is 67.9 Å². The highest BCUT2D eigenvalue weighted by Crippen LogP contribution is 1.92. The average Bonchev–Trinajstić information content (AvgIpc) is 1.69. The van der Waals surface area contributed by atoms with E-state index in [0.717, 1.165) is 0 Å². The zero-order valence-electron chi connectivity index (χ0n) is 6.02. The third-order valence-electron chi connectivity index (χ3n) is 0.940. The Morgan fingerprint density at radius 2 is 1.09 bits per heavy atom. The van der Waals surface area contributed by atoms with Gasteiger partial charge in [0.2, 0.25) is 0 Å². The normalized spacial score (nSPS) is 5.55. The fourth-order valence-corrected chi connectivity index (χ4v) is 0.534. The van der Waals surface area contributed by atoms with Crippen LogP contribution in [0.4, 0.5) is 0 Å². The third kappa shape index (κ3) is 11.1. The predicted molar refractivity (Wildman–Crippen MR) is 72.5 cm³/mol. The molecule has 0 fully saturated rings. The van der Waals surface area contributed by atoms with Crippen LogP contribution in [-0.4, -0.2) is 0 Å². The summed E-state index contributed by atoms with van der Waals surface area (Å²) < 4.78 is 0. The summed E-state index contributed by atoms with van der Waals surface area (Å²) in [4.78, 5) is 0. The van der Waals surface area contributed by atoms with Crippen LogP contribution in [0.25, 0.3) is 0 Å². The molecule has 11 heavy (non-hydrogen) atoms. The van der Waals surface area contributed by atoms with Crippen LogP contribution in [0.15, 0.2) is 30.3 Å². The Bertz CT molecular complexity index is 140. The summed E-state index contributed by atoms with van der Waals surface area (Å²) in [6.07, 6.45) is 0. The average molecular weight is 416 g/mol.